The summed E-state index contributed by atoms with van der Waals surface area (Å²) in [4.78, 5) is 13.9. The maximum absolute atomic E-state index is 11.8. The Balaban J connectivity index is 2.36. The summed E-state index contributed by atoms with van der Waals surface area (Å²) in [5.41, 5.74) is 1.23. The van der Waals surface area contributed by atoms with Crippen LogP contribution >= 0.6 is 11.8 Å². The lowest BCUT2D eigenvalue weighted by Crippen LogP contribution is -2.26. The van der Waals surface area contributed by atoms with Gasteiger partial charge in [0.2, 0.25) is 5.91 Å². The molecule has 5 heteroatoms. The maximum Gasteiger partial charge on any atom is 0.225 e. The van der Waals surface area contributed by atoms with Gasteiger partial charge in [-0.15, -0.1) is 0 Å². The SMILES string of the molecule is CSCCN(C)CCC(=O)Nc1cccc(C#N)c1. The molecule has 1 N–H and O–H groups in total. The highest BCUT2D eigenvalue weighted by Crippen LogP contribution is 2.10. The molecule has 0 bridgehead atoms. The number of benzene rings is 1. The molecule has 0 radical (unpaired) electrons. The molecule has 0 saturated heterocycles. The number of nitriles is 1. The van der Waals surface area contributed by atoms with E-state index in [9.17, 15) is 4.79 Å². The first-order valence-electron chi connectivity index (χ1n) is 6.13. The predicted molar refractivity (Wildman–Crippen MR) is 80.3 cm³/mol. The number of hydrogen-bond acceptors (Lipinski definition) is 4. The summed E-state index contributed by atoms with van der Waals surface area (Å²) < 4.78 is 0. The average molecular weight is 277 g/mol. The first-order valence-corrected chi connectivity index (χ1v) is 7.52. The van der Waals surface area contributed by atoms with Gasteiger partial charge in [0.15, 0.2) is 0 Å². The van der Waals surface area contributed by atoms with E-state index in [0.29, 0.717) is 17.7 Å². The molecule has 0 aromatic heterocycles. The van der Waals surface area contributed by atoms with Crippen molar-refractivity contribution in [3.05, 3.63) is 29.8 Å². The summed E-state index contributed by atoms with van der Waals surface area (Å²) in [6.45, 7) is 1.72. The van der Waals surface area contributed by atoms with Crippen LogP contribution in [0.1, 0.15) is 12.0 Å². The molecule has 0 aliphatic rings. The second kappa shape index (κ2) is 8.57. The van der Waals surface area contributed by atoms with Gasteiger partial charge < -0.3 is 10.2 Å². The number of nitrogens with one attached hydrogen (secondary N) is 1. The lowest BCUT2D eigenvalue weighted by molar-refractivity contribution is -0.116. The van der Waals surface area contributed by atoms with E-state index in [-0.39, 0.29) is 5.91 Å². The topological polar surface area (TPSA) is 56.1 Å². The zero-order valence-electron chi connectivity index (χ0n) is 11.3. The lowest BCUT2D eigenvalue weighted by Gasteiger charge is -2.15. The summed E-state index contributed by atoms with van der Waals surface area (Å²) in [6.07, 6.45) is 2.53. The van der Waals surface area contributed by atoms with E-state index in [0.717, 1.165) is 18.8 Å². The number of thioether (sulfide) groups is 1. The van der Waals surface area contributed by atoms with Crippen molar-refractivity contribution in [3.8, 4) is 6.07 Å². The summed E-state index contributed by atoms with van der Waals surface area (Å²) in [6, 6.07) is 8.99. The minimum Gasteiger partial charge on any atom is -0.326 e. The van der Waals surface area contributed by atoms with Gasteiger partial charge in [-0.1, -0.05) is 6.07 Å². The molecule has 1 aromatic carbocycles. The van der Waals surface area contributed by atoms with E-state index in [1.165, 1.54) is 0 Å². The van der Waals surface area contributed by atoms with Gasteiger partial charge in [-0.2, -0.15) is 17.0 Å². The van der Waals surface area contributed by atoms with Crippen LogP contribution in [0.4, 0.5) is 5.69 Å². The van der Waals surface area contributed by atoms with Crippen LogP contribution in [0.25, 0.3) is 0 Å². The maximum atomic E-state index is 11.8. The van der Waals surface area contributed by atoms with Gasteiger partial charge in [0.25, 0.3) is 0 Å². The molecule has 0 heterocycles. The van der Waals surface area contributed by atoms with Crippen LogP contribution in [0.5, 0.6) is 0 Å². The number of nitrogens with zero attached hydrogens (tertiary/aromatic N) is 2. The summed E-state index contributed by atoms with van der Waals surface area (Å²) in [5, 5.41) is 11.6. The minimum absolute atomic E-state index is 0.0221. The Hall–Kier alpha value is -1.51. The molecule has 1 aromatic rings. The molecule has 0 atom stereocenters. The largest absolute Gasteiger partial charge is 0.326 e. The Morgan fingerprint density at radius 2 is 2.26 bits per heavy atom. The average Bonchev–Trinajstić information content (AvgIpc) is 2.43. The number of amides is 1. The van der Waals surface area contributed by atoms with Crippen LogP contribution in [0.2, 0.25) is 0 Å². The summed E-state index contributed by atoms with van der Waals surface area (Å²) in [5.74, 6) is 1.05. The zero-order valence-corrected chi connectivity index (χ0v) is 12.2. The van der Waals surface area contributed by atoms with Crippen LogP contribution in [0.15, 0.2) is 24.3 Å². The summed E-state index contributed by atoms with van der Waals surface area (Å²) >= 11 is 1.80. The Bertz CT molecular complexity index is 456. The third-order valence-electron chi connectivity index (χ3n) is 2.67. The van der Waals surface area contributed by atoms with Gasteiger partial charge >= 0.3 is 0 Å². The fourth-order valence-electron chi connectivity index (χ4n) is 1.54. The second-order valence-corrected chi connectivity index (χ2v) is 5.27. The molecule has 1 rings (SSSR count). The quantitative estimate of drug-likeness (QED) is 0.830. The van der Waals surface area contributed by atoms with Crippen LogP contribution in [-0.4, -0.2) is 43.0 Å². The van der Waals surface area contributed by atoms with Crippen molar-refractivity contribution < 1.29 is 4.79 Å². The molecule has 0 fully saturated rings. The Kier molecular flexibility index (Phi) is 7.01. The van der Waals surface area contributed by atoms with Crippen molar-refractivity contribution in [2.24, 2.45) is 0 Å². The molecule has 0 saturated carbocycles. The third kappa shape index (κ3) is 6.27. The van der Waals surface area contributed by atoms with E-state index < -0.39 is 0 Å². The fraction of sp³-hybridized carbons (Fsp3) is 0.429. The van der Waals surface area contributed by atoms with Crippen molar-refractivity contribution in [1.29, 1.82) is 5.26 Å². The molecule has 4 nitrogen and oxygen atoms in total. The van der Waals surface area contributed by atoms with Gasteiger partial charge in [0.05, 0.1) is 11.6 Å². The molecule has 19 heavy (non-hydrogen) atoms. The predicted octanol–water partition coefficient (Wildman–Crippen LogP) is 2.18. The highest BCUT2D eigenvalue weighted by Gasteiger charge is 2.05. The van der Waals surface area contributed by atoms with E-state index in [1.807, 2.05) is 7.05 Å². The standard InChI is InChI=1S/C14H19N3OS/c1-17(8-9-19-2)7-6-14(18)16-13-5-3-4-12(10-13)11-15/h3-5,10H,6-9H2,1-2H3,(H,16,18). The Morgan fingerprint density at radius 1 is 1.47 bits per heavy atom. The van der Waals surface area contributed by atoms with Gasteiger partial charge in [-0.25, -0.2) is 0 Å². The molecule has 1 amide bonds. The van der Waals surface area contributed by atoms with Gasteiger partial charge in [0.1, 0.15) is 0 Å². The number of carbonyl (C=O) groups is 1. The molecule has 0 spiro atoms. The Morgan fingerprint density at radius 3 is 2.95 bits per heavy atom. The van der Waals surface area contributed by atoms with E-state index in [2.05, 4.69) is 22.5 Å². The highest BCUT2D eigenvalue weighted by atomic mass is 32.2. The van der Waals surface area contributed by atoms with Crippen molar-refractivity contribution in [2.75, 3.05) is 37.5 Å². The molecular formula is C14H19N3OS. The molecule has 0 unspecified atom stereocenters. The molecule has 0 aliphatic heterocycles. The van der Waals surface area contributed by atoms with Gasteiger partial charge in [-0.05, 0) is 31.5 Å². The molecular weight excluding hydrogens is 258 g/mol. The van der Waals surface area contributed by atoms with Gasteiger partial charge in [-0.3, -0.25) is 4.79 Å². The van der Waals surface area contributed by atoms with E-state index in [1.54, 1.807) is 36.0 Å². The number of hydrogen-bond donors (Lipinski definition) is 1. The monoisotopic (exact) mass is 277 g/mol. The first kappa shape index (κ1) is 15.5. The Labute approximate surface area is 118 Å². The summed E-state index contributed by atoms with van der Waals surface area (Å²) in [7, 11) is 2.01. The normalized spacial score (nSPS) is 10.2. The van der Waals surface area contributed by atoms with Crippen LogP contribution in [0, 0.1) is 11.3 Å². The van der Waals surface area contributed by atoms with E-state index in [4.69, 9.17) is 5.26 Å². The lowest BCUT2D eigenvalue weighted by atomic mass is 10.2. The molecule has 0 aliphatic carbocycles. The minimum atomic E-state index is -0.0221. The first-order chi connectivity index (χ1) is 9.15. The number of rotatable bonds is 7. The number of anilines is 1. The third-order valence-corrected chi connectivity index (χ3v) is 3.26. The van der Waals surface area contributed by atoms with Crippen molar-refractivity contribution in [3.63, 3.8) is 0 Å². The highest BCUT2D eigenvalue weighted by molar-refractivity contribution is 7.98. The van der Waals surface area contributed by atoms with Crippen LogP contribution < -0.4 is 5.32 Å². The smallest absolute Gasteiger partial charge is 0.225 e. The van der Waals surface area contributed by atoms with Crippen LogP contribution in [-0.2, 0) is 4.79 Å². The van der Waals surface area contributed by atoms with Crippen molar-refractivity contribution in [2.45, 2.75) is 6.42 Å². The zero-order chi connectivity index (χ0) is 14.1. The van der Waals surface area contributed by atoms with Crippen molar-refractivity contribution >= 4 is 23.4 Å². The van der Waals surface area contributed by atoms with E-state index >= 15 is 0 Å². The second-order valence-electron chi connectivity index (χ2n) is 4.29. The van der Waals surface area contributed by atoms with Gasteiger partial charge in [0, 0.05) is 31.0 Å². The van der Waals surface area contributed by atoms with Crippen molar-refractivity contribution in [1.82, 2.24) is 4.90 Å². The van der Waals surface area contributed by atoms with Crippen LogP contribution in [0.3, 0.4) is 0 Å². The molecule has 102 valence electrons. The fourth-order valence-corrected chi connectivity index (χ4v) is 2.04. The number of carbonyl (C=O) groups excluding carboxylic acids is 1.